The number of thiophene rings is 1. The van der Waals surface area contributed by atoms with Crippen LogP contribution in [0.2, 0.25) is 0 Å². The number of hydrogen-bond acceptors (Lipinski definition) is 9. The van der Waals surface area contributed by atoms with Gasteiger partial charge in [-0.15, -0.1) is 11.3 Å². The maximum absolute atomic E-state index is 13.7. The Morgan fingerprint density at radius 1 is 0.875 bits per heavy atom. The Morgan fingerprint density at radius 3 is 2.34 bits per heavy atom. The molecule has 1 aliphatic rings. The highest BCUT2D eigenvalue weighted by Gasteiger charge is 2.29. The normalized spacial score (nSPS) is 15.7. The molecule has 3 aromatic rings. The van der Waals surface area contributed by atoms with Crippen molar-refractivity contribution in [3.63, 3.8) is 0 Å². The molecule has 2 aromatic heterocycles. The predicted octanol–water partition coefficient (Wildman–Crippen LogP) is 7.00. The van der Waals surface area contributed by atoms with E-state index in [1.54, 1.807) is 16.2 Å². The number of Topliss-reactive ketones (excluding diaryl/α,β-unsaturated/α-hetero) is 1. The maximum atomic E-state index is 13.7. The molecule has 3 amide bonds. The van der Waals surface area contributed by atoms with Crippen LogP contribution in [0.3, 0.4) is 0 Å². The van der Waals surface area contributed by atoms with Gasteiger partial charge >= 0.3 is 5.97 Å². The molecule has 1 fully saturated rings. The minimum atomic E-state index is -0.503. The van der Waals surface area contributed by atoms with Crippen LogP contribution in [-0.2, 0) is 39.9 Å². The van der Waals surface area contributed by atoms with Crippen molar-refractivity contribution in [3.05, 3.63) is 53.0 Å². The zero-order valence-corrected chi connectivity index (χ0v) is 34.8. The third-order valence-corrected chi connectivity index (χ3v) is 10.8. The van der Waals surface area contributed by atoms with E-state index in [9.17, 15) is 24.0 Å². The van der Waals surface area contributed by atoms with Crippen molar-refractivity contribution < 1.29 is 38.2 Å². The third kappa shape index (κ3) is 14.8. The van der Waals surface area contributed by atoms with Crippen LogP contribution in [0, 0.1) is 18.8 Å². The topological polar surface area (TPSA) is 145 Å². The average molecular weight is 795 g/mol. The lowest BCUT2D eigenvalue weighted by Crippen LogP contribution is -2.35. The van der Waals surface area contributed by atoms with Gasteiger partial charge in [0, 0.05) is 44.1 Å². The number of ether oxygens (including phenoxy) is 3. The quantitative estimate of drug-likeness (QED) is 0.0593. The molecule has 0 bridgehead atoms. The summed E-state index contributed by atoms with van der Waals surface area (Å²) in [5.41, 5.74) is 2.93. The van der Waals surface area contributed by atoms with Crippen molar-refractivity contribution in [2.75, 3.05) is 51.0 Å². The zero-order valence-electron chi connectivity index (χ0n) is 34.0. The fourth-order valence-electron chi connectivity index (χ4n) is 7.06. The Balaban J connectivity index is 1.06. The van der Waals surface area contributed by atoms with E-state index in [0.29, 0.717) is 58.0 Å². The lowest BCUT2D eigenvalue weighted by atomic mass is 9.79. The fourth-order valence-corrected chi connectivity index (χ4v) is 7.88. The van der Waals surface area contributed by atoms with Crippen LogP contribution >= 0.6 is 11.3 Å². The first-order valence-electron chi connectivity index (χ1n) is 20.2. The first kappa shape index (κ1) is 44.6. The van der Waals surface area contributed by atoms with Crippen LogP contribution in [0.5, 0.6) is 0 Å². The zero-order chi connectivity index (χ0) is 40.5. The number of likely N-dealkylation sites (N-methyl/N-ethyl adjacent to an activating group) is 1. The van der Waals surface area contributed by atoms with Crippen molar-refractivity contribution in [3.8, 4) is 0 Å². The number of amides is 3. The minimum absolute atomic E-state index is 0.0238. The molecule has 13 heteroatoms. The molecule has 0 atom stereocenters. The van der Waals surface area contributed by atoms with E-state index in [2.05, 4.69) is 10.6 Å². The molecule has 0 aliphatic heterocycles. The molecule has 4 rings (SSSR count). The van der Waals surface area contributed by atoms with Crippen LogP contribution in [0.25, 0.3) is 10.2 Å². The number of benzene rings is 1. The molecule has 2 heterocycles. The third-order valence-electron chi connectivity index (χ3n) is 9.92. The van der Waals surface area contributed by atoms with E-state index in [4.69, 9.17) is 14.2 Å². The van der Waals surface area contributed by atoms with Crippen LogP contribution in [-0.4, -0.2) is 85.7 Å². The largest absolute Gasteiger partial charge is 0.460 e. The minimum Gasteiger partial charge on any atom is -0.460 e. The lowest BCUT2D eigenvalue weighted by molar-refractivity contribution is -0.156. The summed E-state index contributed by atoms with van der Waals surface area (Å²) in [6.07, 6.45) is 6.56. The first-order chi connectivity index (χ1) is 26.8. The highest BCUT2D eigenvalue weighted by molar-refractivity contribution is 7.17. The summed E-state index contributed by atoms with van der Waals surface area (Å²) in [6, 6.07) is 11.8. The van der Waals surface area contributed by atoms with Gasteiger partial charge in [-0.05, 0) is 114 Å². The number of esters is 1. The number of carbonyl (C=O) groups excluding carboxylic acids is 5. The van der Waals surface area contributed by atoms with E-state index in [-0.39, 0.29) is 60.9 Å². The summed E-state index contributed by atoms with van der Waals surface area (Å²) in [5.74, 6) is -0.0963. The Morgan fingerprint density at radius 2 is 1.62 bits per heavy atom. The Hall–Kier alpha value is -4.07. The van der Waals surface area contributed by atoms with Gasteiger partial charge < -0.3 is 34.3 Å². The summed E-state index contributed by atoms with van der Waals surface area (Å²) >= 11 is 1.57. The smallest absolute Gasteiger partial charge is 0.308 e. The van der Waals surface area contributed by atoms with E-state index in [1.807, 2.05) is 81.0 Å². The van der Waals surface area contributed by atoms with Gasteiger partial charge in [0.05, 0.1) is 48.8 Å². The summed E-state index contributed by atoms with van der Waals surface area (Å²) in [5, 5.41) is 7.92. The molecule has 0 unspecified atom stereocenters. The number of rotatable bonds is 23. The molecule has 1 saturated carbocycles. The Bertz CT molecular complexity index is 1740. The van der Waals surface area contributed by atoms with Gasteiger partial charge in [-0.1, -0.05) is 18.6 Å². The number of anilines is 1. The van der Waals surface area contributed by atoms with E-state index in [0.717, 1.165) is 66.4 Å². The van der Waals surface area contributed by atoms with Gasteiger partial charge in [-0.2, -0.15) is 0 Å². The maximum Gasteiger partial charge on any atom is 0.308 e. The van der Waals surface area contributed by atoms with Crippen molar-refractivity contribution >= 4 is 56.7 Å². The number of nitrogens with zero attached hydrogens (tertiary/aromatic N) is 2. The summed E-state index contributed by atoms with van der Waals surface area (Å²) in [4.78, 5) is 65.8. The number of fused-ring (bicyclic) bond motifs is 1. The molecule has 2 N–H and O–H groups in total. The highest BCUT2D eigenvalue weighted by Crippen LogP contribution is 2.33. The fraction of sp³-hybridized carbons (Fsp3) is 0.605. The van der Waals surface area contributed by atoms with Crippen molar-refractivity contribution in [2.45, 2.75) is 111 Å². The van der Waals surface area contributed by atoms with Gasteiger partial charge in [-0.3, -0.25) is 24.0 Å². The second kappa shape index (κ2) is 22.6. The number of ketones is 1. The average Bonchev–Trinajstić information content (AvgIpc) is 3.75. The van der Waals surface area contributed by atoms with Gasteiger partial charge in [0.2, 0.25) is 17.7 Å². The van der Waals surface area contributed by atoms with E-state index >= 15 is 0 Å². The molecule has 308 valence electrons. The number of hydrogen-bond donors (Lipinski definition) is 2. The molecule has 56 heavy (non-hydrogen) atoms. The van der Waals surface area contributed by atoms with Gasteiger partial charge in [0.15, 0.2) is 5.78 Å². The summed E-state index contributed by atoms with van der Waals surface area (Å²) < 4.78 is 19.0. The SMILES string of the molecule is CCN(C(=O)Cn1c(C(=O)CC2CCC(C(=O)NCCCCCC(=O)NCCOCCOCCC(=O)OC(C)(C)C)CC2)cc2sccc21)c1cccc(C)c1. The predicted molar refractivity (Wildman–Crippen MR) is 220 cm³/mol. The molecule has 12 nitrogen and oxygen atoms in total. The standard InChI is InChI=1S/C43H62N4O8S/c1-6-46(34-12-10-11-31(2)27-34)40(50)30-47-35-19-26-56-38(35)29-36(47)37(48)28-32-14-16-33(17-15-32)42(52)45-20-9-7-8-13-39(49)44-21-23-54-25-24-53-22-18-41(51)55-43(3,4)5/h10-12,19,26-27,29,32-33H,6-9,13-18,20-25,28,30H2,1-5H3,(H,44,49)(H,45,52). The van der Waals surface area contributed by atoms with Crippen molar-refractivity contribution in [1.29, 1.82) is 0 Å². The summed E-state index contributed by atoms with van der Waals surface area (Å²) in [6.45, 7) is 12.5. The second-order valence-electron chi connectivity index (χ2n) is 15.6. The molecule has 0 radical (unpaired) electrons. The highest BCUT2D eigenvalue weighted by atomic mass is 32.1. The van der Waals surface area contributed by atoms with Crippen LogP contribution in [0.15, 0.2) is 41.8 Å². The summed E-state index contributed by atoms with van der Waals surface area (Å²) in [7, 11) is 0. The number of aryl methyl sites for hydroxylation is 1. The molecule has 0 spiro atoms. The van der Waals surface area contributed by atoms with Crippen LogP contribution in [0.4, 0.5) is 5.69 Å². The molecule has 1 aromatic carbocycles. The van der Waals surface area contributed by atoms with Gasteiger partial charge in [0.25, 0.3) is 0 Å². The lowest BCUT2D eigenvalue weighted by Gasteiger charge is -2.27. The molecular weight excluding hydrogens is 733 g/mol. The van der Waals surface area contributed by atoms with Crippen LogP contribution in [0.1, 0.15) is 108 Å². The van der Waals surface area contributed by atoms with E-state index < -0.39 is 5.60 Å². The van der Waals surface area contributed by atoms with Crippen molar-refractivity contribution in [1.82, 2.24) is 15.2 Å². The number of aromatic nitrogens is 1. The number of carbonyl (C=O) groups is 5. The molecule has 0 saturated heterocycles. The van der Waals surface area contributed by atoms with Gasteiger partial charge in [-0.25, -0.2) is 0 Å². The molecule has 1 aliphatic carbocycles. The Labute approximate surface area is 336 Å². The first-order valence-corrected chi connectivity index (χ1v) is 21.1. The van der Waals surface area contributed by atoms with Gasteiger partial charge in [0.1, 0.15) is 12.1 Å². The number of nitrogens with one attached hydrogen (secondary N) is 2. The Kier molecular flexibility index (Phi) is 18.0. The number of unbranched alkanes of at least 4 members (excludes halogenated alkanes) is 2. The van der Waals surface area contributed by atoms with E-state index in [1.165, 1.54) is 0 Å². The second-order valence-corrected chi connectivity index (χ2v) is 16.6. The van der Waals surface area contributed by atoms with Crippen molar-refractivity contribution in [2.24, 2.45) is 11.8 Å². The van der Waals surface area contributed by atoms with Crippen LogP contribution < -0.4 is 15.5 Å². The monoisotopic (exact) mass is 794 g/mol. The molecular formula is C43H62N4O8S.